The van der Waals surface area contributed by atoms with E-state index in [1.807, 2.05) is 18.2 Å². The van der Waals surface area contributed by atoms with Crippen molar-refractivity contribution in [3.63, 3.8) is 0 Å². The third-order valence-electron chi connectivity index (χ3n) is 4.30. The van der Waals surface area contributed by atoms with Crippen LogP contribution >= 0.6 is 11.8 Å². The molecule has 1 fully saturated rings. The van der Waals surface area contributed by atoms with Crippen LogP contribution in [0.2, 0.25) is 0 Å². The van der Waals surface area contributed by atoms with Gasteiger partial charge in [-0.1, -0.05) is 0 Å². The zero-order chi connectivity index (χ0) is 17.8. The molecule has 2 atom stereocenters. The fraction of sp³-hybridized carbons (Fsp3) is 0.529. The summed E-state index contributed by atoms with van der Waals surface area (Å²) in [7, 11) is 1.58. The van der Waals surface area contributed by atoms with Crippen LogP contribution in [-0.4, -0.2) is 61.4 Å². The molecular weight excluding hydrogens is 342 g/mol. The van der Waals surface area contributed by atoms with Crippen molar-refractivity contribution in [2.75, 3.05) is 32.6 Å². The summed E-state index contributed by atoms with van der Waals surface area (Å²) >= 11 is 1.58. The number of amides is 2. The average molecular weight is 365 g/mol. The highest BCUT2D eigenvalue weighted by atomic mass is 32.2. The SMILES string of the molecule is CNC(=O)[C@@H]1C[C@@H](N)CN1C(=O)CCSc1ccc2c(c1)OCCO2. The Morgan fingerprint density at radius 2 is 2.08 bits per heavy atom. The summed E-state index contributed by atoms with van der Waals surface area (Å²) in [5, 5.41) is 2.60. The number of thioether (sulfide) groups is 1. The molecule has 136 valence electrons. The number of nitrogens with zero attached hydrogens (tertiary/aromatic N) is 1. The molecule has 3 N–H and O–H groups in total. The molecule has 1 saturated heterocycles. The van der Waals surface area contributed by atoms with Crippen molar-refractivity contribution >= 4 is 23.6 Å². The summed E-state index contributed by atoms with van der Waals surface area (Å²) in [6, 6.07) is 5.19. The van der Waals surface area contributed by atoms with Gasteiger partial charge in [0, 0.05) is 36.7 Å². The van der Waals surface area contributed by atoms with Crippen LogP contribution in [0.3, 0.4) is 0 Å². The summed E-state index contributed by atoms with van der Waals surface area (Å²) in [5.41, 5.74) is 5.93. The number of likely N-dealkylation sites (tertiary alicyclic amines) is 1. The topological polar surface area (TPSA) is 93.9 Å². The average Bonchev–Trinajstić information content (AvgIpc) is 3.03. The van der Waals surface area contributed by atoms with Gasteiger partial charge in [0.15, 0.2) is 11.5 Å². The Bertz CT molecular complexity index is 655. The Morgan fingerprint density at radius 1 is 1.32 bits per heavy atom. The lowest BCUT2D eigenvalue weighted by atomic mass is 10.1. The molecular formula is C17H23N3O4S. The standard InChI is InChI=1S/C17H23N3O4S/c1-19-17(22)13-8-11(18)10-20(13)16(21)4-7-25-12-2-3-14-15(9-12)24-6-5-23-14/h2-3,9,11,13H,4-8,10,18H2,1H3,(H,19,22)/t11-,13+/m1/s1. The van der Waals surface area contributed by atoms with E-state index in [2.05, 4.69) is 5.32 Å². The maximum Gasteiger partial charge on any atom is 0.242 e. The fourth-order valence-electron chi connectivity index (χ4n) is 3.07. The van der Waals surface area contributed by atoms with Gasteiger partial charge >= 0.3 is 0 Å². The lowest BCUT2D eigenvalue weighted by molar-refractivity contribution is -0.137. The Labute approximate surface area is 151 Å². The molecule has 2 amide bonds. The number of hydrogen-bond donors (Lipinski definition) is 2. The van der Waals surface area contributed by atoms with E-state index in [9.17, 15) is 9.59 Å². The number of fused-ring (bicyclic) bond motifs is 1. The molecule has 2 aliphatic rings. The van der Waals surface area contributed by atoms with E-state index in [4.69, 9.17) is 15.2 Å². The van der Waals surface area contributed by atoms with E-state index in [0.29, 0.717) is 38.4 Å². The zero-order valence-corrected chi connectivity index (χ0v) is 15.0. The molecule has 0 aliphatic carbocycles. The number of nitrogens with two attached hydrogens (primary N) is 1. The van der Waals surface area contributed by atoms with Crippen molar-refractivity contribution in [3.8, 4) is 11.5 Å². The number of carbonyl (C=O) groups is 2. The maximum absolute atomic E-state index is 12.5. The molecule has 0 bridgehead atoms. The Balaban J connectivity index is 1.53. The second-order valence-corrected chi connectivity index (χ2v) is 7.24. The van der Waals surface area contributed by atoms with E-state index in [-0.39, 0.29) is 17.9 Å². The Kier molecular flexibility index (Phi) is 5.70. The largest absolute Gasteiger partial charge is 0.486 e. The number of nitrogens with one attached hydrogen (secondary N) is 1. The van der Waals surface area contributed by atoms with E-state index in [0.717, 1.165) is 16.4 Å². The summed E-state index contributed by atoms with van der Waals surface area (Å²) in [6.45, 7) is 1.56. The second kappa shape index (κ2) is 7.97. The molecule has 2 heterocycles. The third-order valence-corrected chi connectivity index (χ3v) is 5.30. The molecule has 25 heavy (non-hydrogen) atoms. The van der Waals surface area contributed by atoms with Crippen LogP contribution in [0, 0.1) is 0 Å². The first kappa shape index (κ1) is 17.9. The maximum atomic E-state index is 12.5. The highest BCUT2D eigenvalue weighted by Gasteiger charge is 2.37. The predicted octanol–water partition coefficient (Wildman–Crippen LogP) is 0.614. The third kappa shape index (κ3) is 4.19. The fourth-order valence-corrected chi connectivity index (χ4v) is 3.94. The molecule has 7 nitrogen and oxygen atoms in total. The van der Waals surface area contributed by atoms with E-state index >= 15 is 0 Å². The van der Waals surface area contributed by atoms with Gasteiger partial charge in [0.05, 0.1) is 0 Å². The molecule has 0 radical (unpaired) electrons. The molecule has 0 saturated carbocycles. The second-order valence-electron chi connectivity index (χ2n) is 6.08. The number of carbonyl (C=O) groups excluding carboxylic acids is 2. The Hall–Kier alpha value is -1.93. The summed E-state index contributed by atoms with van der Waals surface area (Å²) < 4.78 is 11.1. The minimum atomic E-state index is -0.452. The molecule has 8 heteroatoms. The van der Waals surface area contributed by atoms with Crippen LogP contribution in [0.15, 0.2) is 23.1 Å². The monoisotopic (exact) mass is 365 g/mol. The van der Waals surface area contributed by atoms with Gasteiger partial charge in [-0.05, 0) is 24.6 Å². The predicted molar refractivity (Wildman–Crippen MR) is 94.9 cm³/mol. The van der Waals surface area contributed by atoms with Gasteiger partial charge in [-0.25, -0.2) is 0 Å². The van der Waals surface area contributed by atoms with Crippen molar-refractivity contribution in [2.45, 2.75) is 29.8 Å². The van der Waals surface area contributed by atoms with Gasteiger partial charge in [-0.15, -0.1) is 11.8 Å². The van der Waals surface area contributed by atoms with Crippen molar-refractivity contribution in [1.82, 2.24) is 10.2 Å². The van der Waals surface area contributed by atoms with Crippen molar-refractivity contribution in [1.29, 1.82) is 0 Å². The van der Waals surface area contributed by atoms with Crippen molar-refractivity contribution in [2.24, 2.45) is 5.73 Å². The van der Waals surface area contributed by atoms with E-state index < -0.39 is 6.04 Å². The molecule has 2 aliphatic heterocycles. The zero-order valence-electron chi connectivity index (χ0n) is 14.2. The first-order valence-electron chi connectivity index (χ1n) is 8.37. The smallest absolute Gasteiger partial charge is 0.242 e. The van der Waals surface area contributed by atoms with Gasteiger partial charge in [-0.3, -0.25) is 9.59 Å². The lowest BCUT2D eigenvalue weighted by Gasteiger charge is -2.23. The summed E-state index contributed by atoms with van der Waals surface area (Å²) in [5.74, 6) is 1.94. The first-order valence-corrected chi connectivity index (χ1v) is 9.36. The molecule has 3 rings (SSSR count). The quantitative estimate of drug-likeness (QED) is 0.743. The number of benzene rings is 1. The minimum absolute atomic E-state index is 0.0356. The van der Waals surface area contributed by atoms with Gasteiger partial charge in [0.25, 0.3) is 0 Å². The van der Waals surface area contributed by atoms with Crippen LogP contribution in [0.5, 0.6) is 11.5 Å². The van der Waals surface area contributed by atoms with Gasteiger partial charge < -0.3 is 25.4 Å². The first-order chi connectivity index (χ1) is 12.1. The normalized spacial score (nSPS) is 21.9. The molecule has 1 aromatic carbocycles. The number of rotatable bonds is 5. The van der Waals surface area contributed by atoms with E-state index in [1.54, 1.807) is 23.7 Å². The van der Waals surface area contributed by atoms with Crippen molar-refractivity contribution in [3.05, 3.63) is 18.2 Å². The van der Waals surface area contributed by atoms with Crippen molar-refractivity contribution < 1.29 is 19.1 Å². The van der Waals surface area contributed by atoms with Gasteiger partial charge in [0.2, 0.25) is 11.8 Å². The van der Waals surface area contributed by atoms with Crippen LogP contribution in [0.1, 0.15) is 12.8 Å². The number of ether oxygens (including phenoxy) is 2. The molecule has 0 aromatic heterocycles. The highest BCUT2D eigenvalue weighted by molar-refractivity contribution is 7.99. The molecule has 1 aromatic rings. The van der Waals surface area contributed by atoms with E-state index in [1.165, 1.54) is 0 Å². The Morgan fingerprint density at radius 3 is 2.84 bits per heavy atom. The molecule has 0 spiro atoms. The summed E-state index contributed by atoms with van der Waals surface area (Å²) in [6.07, 6.45) is 0.875. The van der Waals surface area contributed by atoms with Gasteiger partial charge in [-0.2, -0.15) is 0 Å². The summed E-state index contributed by atoms with van der Waals surface area (Å²) in [4.78, 5) is 27.0. The minimum Gasteiger partial charge on any atom is -0.486 e. The van der Waals surface area contributed by atoms with Crippen LogP contribution < -0.4 is 20.5 Å². The van der Waals surface area contributed by atoms with Crippen LogP contribution in [0.4, 0.5) is 0 Å². The number of likely N-dealkylation sites (N-methyl/N-ethyl adjacent to an activating group) is 1. The van der Waals surface area contributed by atoms with Gasteiger partial charge in [0.1, 0.15) is 19.3 Å². The highest BCUT2D eigenvalue weighted by Crippen LogP contribution is 2.34. The molecule has 0 unspecified atom stereocenters. The number of hydrogen-bond acceptors (Lipinski definition) is 6. The lowest BCUT2D eigenvalue weighted by Crippen LogP contribution is -2.45. The van der Waals surface area contributed by atoms with Crippen LogP contribution in [0.25, 0.3) is 0 Å². The van der Waals surface area contributed by atoms with Crippen LogP contribution in [-0.2, 0) is 9.59 Å².